The van der Waals surface area contributed by atoms with Gasteiger partial charge in [0.1, 0.15) is 5.75 Å². The van der Waals surface area contributed by atoms with Crippen LogP contribution < -0.4 is 10.5 Å². The summed E-state index contributed by atoms with van der Waals surface area (Å²) in [6.45, 7) is 2.24. The number of nitrogens with two attached hydrogens (primary N) is 1. The number of halogens is 2. The van der Waals surface area contributed by atoms with Gasteiger partial charge in [-0.3, -0.25) is 0 Å². The van der Waals surface area contributed by atoms with E-state index in [1.165, 1.54) is 0 Å². The van der Waals surface area contributed by atoms with E-state index in [1.54, 1.807) is 24.4 Å². The summed E-state index contributed by atoms with van der Waals surface area (Å²) in [5.74, 6) is 0.459. The first kappa shape index (κ1) is 13.1. The first-order chi connectivity index (χ1) is 8.60. The third-order valence-electron chi connectivity index (χ3n) is 2.37. The number of nitrogens with zero attached hydrogens (tertiary/aromatic N) is 2. The van der Waals surface area contributed by atoms with Crippen LogP contribution in [0.3, 0.4) is 0 Å². The molecule has 94 valence electrons. The van der Waals surface area contributed by atoms with Crippen molar-refractivity contribution in [2.45, 2.75) is 13.5 Å². The zero-order valence-electron chi connectivity index (χ0n) is 9.65. The SMILES string of the molecule is Cc1nc(Oc2ccc(Cl)cc2Cl)ncc1CN. The highest BCUT2D eigenvalue weighted by Gasteiger charge is 2.07. The Balaban J connectivity index is 2.26. The maximum atomic E-state index is 5.99. The molecule has 0 atom stereocenters. The van der Waals surface area contributed by atoms with Crippen molar-refractivity contribution in [2.75, 3.05) is 0 Å². The van der Waals surface area contributed by atoms with Gasteiger partial charge in [0, 0.05) is 29.0 Å². The monoisotopic (exact) mass is 283 g/mol. The lowest BCUT2D eigenvalue weighted by Crippen LogP contribution is -2.03. The molecule has 18 heavy (non-hydrogen) atoms. The molecule has 1 aromatic heterocycles. The van der Waals surface area contributed by atoms with E-state index in [0.717, 1.165) is 11.3 Å². The van der Waals surface area contributed by atoms with Gasteiger partial charge >= 0.3 is 6.01 Å². The molecule has 0 fully saturated rings. The van der Waals surface area contributed by atoms with Crippen LogP contribution in [0.2, 0.25) is 10.0 Å². The van der Waals surface area contributed by atoms with Crippen LogP contribution in [0.5, 0.6) is 11.8 Å². The number of hydrogen-bond acceptors (Lipinski definition) is 4. The molecule has 2 aromatic rings. The van der Waals surface area contributed by atoms with Crippen LogP contribution in [0.15, 0.2) is 24.4 Å². The third-order valence-corrected chi connectivity index (χ3v) is 2.90. The summed E-state index contributed by atoms with van der Waals surface area (Å²) in [7, 11) is 0. The van der Waals surface area contributed by atoms with Crippen molar-refractivity contribution in [3.05, 3.63) is 45.7 Å². The third kappa shape index (κ3) is 2.90. The van der Waals surface area contributed by atoms with Gasteiger partial charge in [-0.1, -0.05) is 23.2 Å². The standard InChI is InChI=1S/C12H11Cl2N3O/c1-7-8(5-15)6-16-12(17-7)18-11-3-2-9(13)4-10(11)14/h2-4,6H,5,15H2,1H3. The van der Waals surface area contributed by atoms with E-state index >= 15 is 0 Å². The molecule has 2 rings (SSSR count). The number of aromatic nitrogens is 2. The molecule has 0 saturated carbocycles. The Bertz CT molecular complexity index is 575. The highest BCUT2D eigenvalue weighted by Crippen LogP contribution is 2.30. The second-order valence-corrected chi connectivity index (χ2v) is 4.49. The highest BCUT2D eigenvalue weighted by atomic mass is 35.5. The second-order valence-electron chi connectivity index (χ2n) is 3.64. The van der Waals surface area contributed by atoms with Gasteiger partial charge in [-0.05, 0) is 25.1 Å². The zero-order chi connectivity index (χ0) is 13.1. The summed E-state index contributed by atoms with van der Waals surface area (Å²) in [5.41, 5.74) is 7.20. The van der Waals surface area contributed by atoms with E-state index in [-0.39, 0.29) is 6.01 Å². The number of benzene rings is 1. The predicted molar refractivity (Wildman–Crippen MR) is 71.2 cm³/mol. The average Bonchev–Trinajstić information content (AvgIpc) is 2.33. The molecule has 6 heteroatoms. The van der Waals surface area contributed by atoms with Gasteiger partial charge in [0.05, 0.1) is 5.02 Å². The van der Waals surface area contributed by atoms with Crippen molar-refractivity contribution < 1.29 is 4.74 Å². The first-order valence-corrected chi connectivity index (χ1v) is 6.01. The Morgan fingerprint density at radius 2 is 2.11 bits per heavy atom. The maximum Gasteiger partial charge on any atom is 0.322 e. The molecule has 1 heterocycles. The summed E-state index contributed by atoms with van der Waals surface area (Å²) < 4.78 is 5.49. The molecule has 1 aromatic carbocycles. The quantitative estimate of drug-likeness (QED) is 0.939. The fraction of sp³-hybridized carbons (Fsp3) is 0.167. The first-order valence-electron chi connectivity index (χ1n) is 5.25. The van der Waals surface area contributed by atoms with Crippen molar-refractivity contribution in [3.63, 3.8) is 0 Å². The molecule has 0 saturated heterocycles. The van der Waals surface area contributed by atoms with Gasteiger partial charge < -0.3 is 10.5 Å². The van der Waals surface area contributed by atoms with Gasteiger partial charge in [-0.2, -0.15) is 4.98 Å². The Hall–Kier alpha value is -1.36. The summed E-state index contributed by atoms with van der Waals surface area (Å²) in [5, 5.41) is 0.953. The molecule has 4 nitrogen and oxygen atoms in total. The lowest BCUT2D eigenvalue weighted by molar-refractivity contribution is 0.439. The Labute approximate surface area is 115 Å². The van der Waals surface area contributed by atoms with Crippen molar-refractivity contribution in [1.29, 1.82) is 0 Å². The predicted octanol–water partition coefficient (Wildman–Crippen LogP) is 3.34. The lowest BCUT2D eigenvalue weighted by atomic mass is 10.2. The van der Waals surface area contributed by atoms with E-state index in [0.29, 0.717) is 22.3 Å². The van der Waals surface area contributed by atoms with Crippen LogP contribution >= 0.6 is 23.2 Å². The molecule has 0 aliphatic rings. The minimum atomic E-state index is 0.230. The summed E-state index contributed by atoms with van der Waals surface area (Å²) >= 11 is 11.8. The van der Waals surface area contributed by atoms with Gasteiger partial charge in [-0.15, -0.1) is 0 Å². The topological polar surface area (TPSA) is 61.0 Å². The fourth-order valence-electron chi connectivity index (χ4n) is 1.38. The number of ether oxygens (including phenoxy) is 1. The van der Waals surface area contributed by atoms with Crippen molar-refractivity contribution in [2.24, 2.45) is 5.73 Å². The largest absolute Gasteiger partial charge is 0.423 e. The van der Waals surface area contributed by atoms with E-state index < -0.39 is 0 Å². The molecule has 0 unspecified atom stereocenters. The smallest absolute Gasteiger partial charge is 0.322 e. The molecular formula is C12H11Cl2N3O. The summed E-state index contributed by atoms with van der Waals surface area (Å²) in [6, 6.07) is 5.18. The average molecular weight is 284 g/mol. The molecule has 0 amide bonds. The van der Waals surface area contributed by atoms with Crippen molar-refractivity contribution >= 4 is 23.2 Å². The number of hydrogen-bond donors (Lipinski definition) is 1. The van der Waals surface area contributed by atoms with Crippen LogP contribution in [0, 0.1) is 6.92 Å². The van der Waals surface area contributed by atoms with Crippen LogP contribution in [0.4, 0.5) is 0 Å². The van der Waals surface area contributed by atoms with Crippen LogP contribution in [0.1, 0.15) is 11.3 Å². The molecule has 0 spiro atoms. The van der Waals surface area contributed by atoms with Gasteiger partial charge in [-0.25, -0.2) is 4.98 Å². The van der Waals surface area contributed by atoms with Crippen molar-refractivity contribution in [3.8, 4) is 11.8 Å². The molecule has 0 radical (unpaired) electrons. The molecular weight excluding hydrogens is 273 g/mol. The Kier molecular flexibility index (Phi) is 4.01. The molecule has 0 aliphatic carbocycles. The Morgan fingerprint density at radius 1 is 1.33 bits per heavy atom. The van der Waals surface area contributed by atoms with Gasteiger partial charge in [0.2, 0.25) is 0 Å². The van der Waals surface area contributed by atoms with E-state index in [2.05, 4.69) is 9.97 Å². The normalized spacial score (nSPS) is 10.4. The minimum absolute atomic E-state index is 0.230. The number of aryl methyl sites for hydroxylation is 1. The van der Waals surface area contributed by atoms with Crippen LogP contribution in [0.25, 0.3) is 0 Å². The fourth-order valence-corrected chi connectivity index (χ4v) is 1.82. The molecule has 2 N–H and O–H groups in total. The summed E-state index contributed by atoms with van der Waals surface area (Å²) in [4.78, 5) is 8.26. The number of rotatable bonds is 3. The van der Waals surface area contributed by atoms with Crippen LogP contribution in [-0.2, 0) is 6.54 Å². The Morgan fingerprint density at radius 3 is 2.72 bits per heavy atom. The van der Waals surface area contributed by atoms with E-state index in [1.807, 2.05) is 6.92 Å². The second kappa shape index (κ2) is 5.52. The van der Waals surface area contributed by atoms with Gasteiger partial charge in [0.15, 0.2) is 0 Å². The van der Waals surface area contributed by atoms with Gasteiger partial charge in [0.25, 0.3) is 0 Å². The van der Waals surface area contributed by atoms with E-state index in [9.17, 15) is 0 Å². The lowest BCUT2D eigenvalue weighted by Gasteiger charge is -2.08. The summed E-state index contributed by atoms with van der Waals surface area (Å²) in [6.07, 6.45) is 1.64. The maximum absolute atomic E-state index is 5.99. The highest BCUT2D eigenvalue weighted by molar-refractivity contribution is 6.35. The van der Waals surface area contributed by atoms with Crippen molar-refractivity contribution in [1.82, 2.24) is 9.97 Å². The van der Waals surface area contributed by atoms with E-state index in [4.69, 9.17) is 33.7 Å². The molecule has 0 bridgehead atoms. The van der Waals surface area contributed by atoms with Crippen LogP contribution in [-0.4, -0.2) is 9.97 Å². The zero-order valence-corrected chi connectivity index (χ0v) is 11.2. The molecule has 0 aliphatic heterocycles. The minimum Gasteiger partial charge on any atom is -0.423 e.